The molecule has 6 nitrogen and oxygen atoms in total. The Morgan fingerprint density at radius 3 is 2.29 bits per heavy atom. The zero-order valence-electron chi connectivity index (χ0n) is 7.91. The number of aliphatic hydroxyl groups is 3. The smallest absolute Gasteiger partial charge is 0.654 e. The van der Waals surface area contributed by atoms with Gasteiger partial charge in [0.25, 0.3) is 0 Å². The van der Waals surface area contributed by atoms with Gasteiger partial charge in [-0.3, -0.25) is 0 Å². The fourth-order valence-corrected chi connectivity index (χ4v) is 1.27. The van der Waals surface area contributed by atoms with E-state index in [1.165, 1.54) is 0 Å². The van der Waals surface area contributed by atoms with Crippen LogP contribution in [0.3, 0.4) is 0 Å². The largest absolute Gasteiger partial charge is 1.00 e. The van der Waals surface area contributed by atoms with Crippen molar-refractivity contribution in [2.24, 2.45) is 0 Å². The minimum Gasteiger partial charge on any atom is -0.654 e. The summed E-state index contributed by atoms with van der Waals surface area (Å²) < 4.78 is 5.03. The monoisotopic (exact) mass is 275 g/mol. The maximum absolute atomic E-state index is 9.89. The normalized spacial score (nSPS) is 36.2. The van der Waals surface area contributed by atoms with Gasteiger partial charge in [-0.1, -0.05) is 6.54 Å². The van der Waals surface area contributed by atoms with Gasteiger partial charge < -0.3 is 30.2 Å². The first-order valence-electron chi connectivity index (χ1n) is 3.93. The zero-order valence-corrected chi connectivity index (χ0v) is 12.8. The predicted molar refractivity (Wildman–Crippen MR) is 42.1 cm³/mol. The van der Waals surface area contributed by atoms with E-state index in [1.54, 1.807) is 0 Å². The molecule has 0 spiro atoms. The first-order valence-corrected chi connectivity index (χ1v) is 3.93. The van der Waals surface area contributed by atoms with Crippen LogP contribution in [0.25, 0.3) is 5.32 Å². The van der Waals surface area contributed by atoms with E-state index in [0.717, 1.165) is 0 Å². The summed E-state index contributed by atoms with van der Waals surface area (Å²) in [5.74, 6) is 0. The molecule has 1 rings (SSSR count). The van der Waals surface area contributed by atoms with Crippen molar-refractivity contribution in [2.45, 2.75) is 24.4 Å². The summed E-state index contributed by atoms with van der Waals surface area (Å²) in [5.41, 5.74) is 0. The van der Waals surface area contributed by atoms with Crippen LogP contribution in [0, 0.1) is 0 Å². The van der Waals surface area contributed by atoms with Crippen molar-refractivity contribution in [1.82, 2.24) is 0 Å². The molecule has 4 atom stereocenters. The fourth-order valence-electron chi connectivity index (χ4n) is 1.27. The summed E-state index contributed by atoms with van der Waals surface area (Å²) in [5, 5.41) is 30.6. The molecule has 0 aromatic carbocycles. The number of ether oxygens (including phenoxy) is 1. The van der Waals surface area contributed by atoms with Crippen LogP contribution in [-0.4, -0.2) is 59.3 Å². The van der Waals surface area contributed by atoms with Crippen LogP contribution in [-0.2, 0) is 9.53 Å². The summed E-state index contributed by atoms with van der Waals surface area (Å²) in [6, 6.07) is 0. The van der Waals surface area contributed by atoms with Crippen molar-refractivity contribution in [2.75, 3.05) is 13.2 Å². The Morgan fingerprint density at radius 1 is 1.29 bits per heavy atom. The number of carbonyl (C=O) groups is 1. The van der Waals surface area contributed by atoms with E-state index in [2.05, 4.69) is 5.32 Å². The average Bonchev–Trinajstić information content (AvgIpc) is 2.41. The molecular weight excluding hydrogens is 264 g/mol. The summed E-state index contributed by atoms with van der Waals surface area (Å²) >= 11 is 0. The van der Waals surface area contributed by atoms with Crippen LogP contribution >= 0.6 is 0 Å². The molecule has 7 heteroatoms. The molecule has 0 aromatic heterocycles. The summed E-state index contributed by atoms with van der Waals surface area (Å²) in [4.78, 5) is 9.89. The molecule has 1 saturated heterocycles. The Hall–Kier alpha value is 1.12. The molecule has 0 aliphatic carbocycles. The minimum absolute atomic E-state index is 0. The van der Waals surface area contributed by atoms with Gasteiger partial charge in [-0.25, -0.2) is 0 Å². The molecule has 4 unspecified atom stereocenters. The van der Waals surface area contributed by atoms with Gasteiger partial charge in [0.1, 0.15) is 18.3 Å². The molecule has 1 aliphatic rings. The topological polar surface area (TPSA) is 101 Å². The fraction of sp³-hybridized carbons (Fsp3) is 0.857. The number of aliphatic hydroxyl groups excluding tert-OH is 3. The van der Waals surface area contributed by atoms with Crippen molar-refractivity contribution in [3.63, 3.8) is 0 Å². The third-order valence-corrected chi connectivity index (χ3v) is 2.00. The molecule has 0 radical (unpaired) electrons. The van der Waals surface area contributed by atoms with Gasteiger partial charge in [0.2, 0.25) is 0 Å². The van der Waals surface area contributed by atoms with Gasteiger partial charge in [0.05, 0.1) is 12.7 Å². The first-order chi connectivity index (χ1) is 6.20. The number of amides is 1. The molecular formula is C7H12NO5Rb. The molecule has 1 fully saturated rings. The molecule has 1 amide bonds. The van der Waals surface area contributed by atoms with E-state index >= 15 is 0 Å². The summed E-state index contributed by atoms with van der Waals surface area (Å²) in [6.07, 6.45) is -3.36. The van der Waals surface area contributed by atoms with Crippen LogP contribution in [0.2, 0.25) is 0 Å². The van der Waals surface area contributed by atoms with Crippen molar-refractivity contribution in [3.05, 3.63) is 5.32 Å². The summed E-state index contributed by atoms with van der Waals surface area (Å²) in [7, 11) is 0. The second-order valence-corrected chi connectivity index (χ2v) is 2.85. The van der Waals surface area contributed by atoms with E-state index in [1.807, 2.05) is 0 Å². The van der Waals surface area contributed by atoms with Crippen LogP contribution in [0.4, 0.5) is 0 Å². The molecule has 3 N–H and O–H groups in total. The predicted octanol–water partition coefficient (Wildman–Crippen LogP) is -5.00. The van der Waals surface area contributed by atoms with E-state index < -0.39 is 24.4 Å². The quantitative estimate of drug-likeness (QED) is 0.446. The zero-order chi connectivity index (χ0) is 9.84. The van der Waals surface area contributed by atoms with Gasteiger partial charge in [0, 0.05) is 6.41 Å². The van der Waals surface area contributed by atoms with E-state index in [4.69, 9.17) is 9.84 Å². The van der Waals surface area contributed by atoms with Gasteiger partial charge >= 0.3 is 58.2 Å². The molecule has 14 heavy (non-hydrogen) atoms. The number of nitrogens with zero attached hydrogens (tertiary/aromatic N) is 1. The van der Waals surface area contributed by atoms with Crippen LogP contribution in [0.15, 0.2) is 0 Å². The number of hydrogen-bond acceptors (Lipinski definition) is 5. The first kappa shape index (κ1) is 15.1. The van der Waals surface area contributed by atoms with Crippen molar-refractivity contribution in [3.8, 4) is 0 Å². The second-order valence-electron chi connectivity index (χ2n) is 2.85. The Morgan fingerprint density at radius 2 is 1.86 bits per heavy atom. The van der Waals surface area contributed by atoms with Gasteiger partial charge in [-0.05, 0) is 0 Å². The van der Waals surface area contributed by atoms with Crippen LogP contribution < -0.4 is 58.2 Å². The van der Waals surface area contributed by atoms with Crippen molar-refractivity contribution >= 4 is 6.41 Å². The maximum atomic E-state index is 9.89. The third kappa shape index (κ3) is 3.60. The third-order valence-electron chi connectivity index (χ3n) is 2.00. The Kier molecular flexibility index (Phi) is 7.99. The molecule has 0 bridgehead atoms. The Bertz CT molecular complexity index is 181. The van der Waals surface area contributed by atoms with E-state index in [9.17, 15) is 15.0 Å². The van der Waals surface area contributed by atoms with E-state index in [0.29, 0.717) is 6.41 Å². The SMILES string of the molecule is O=C[N-]CC1OC(CO)C(O)C1O.[Rb+]. The van der Waals surface area contributed by atoms with Crippen LogP contribution in [0.5, 0.6) is 0 Å². The Balaban J connectivity index is 0.00000169. The number of carbonyl (C=O) groups excluding carboxylic acids is 1. The minimum atomic E-state index is -1.11. The molecule has 1 heterocycles. The van der Waals surface area contributed by atoms with Gasteiger partial charge in [0.15, 0.2) is 0 Å². The van der Waals surface area contributed by atoms with E-state index in [-0.39, 0.29) is 71.3 Å². The molecule has 0 aromatic rings. The molecule has 1 aliphatic heterocycles. The van der Waals surface area contributed by atoms with Gasteiger partial charge in [-0.2, -0.15) is 0 Å². The number of rotatable bonds is 4. The Labute approximate surface area is 130 Å². The average molecular weight is 276 g/mol. The van der Waals surface area contributed by atoms with Crippen molar-refractivity contribution < 1.29 is 83.0 Å². The second kappa shape index (κ2) is 7.40. The van der Waals surface area contributed by atoms with Crippen LogP contribution in [0.1, 0.15) is 0 Å². The molecule has 0 saturated carbocycles. The summed E-state index contributed by atoms with van der Waals surface area (Å²) in [6.45, 7) is -0.367. The maximum Gasteiger partial charge on any atom is 1.00 e. The van der Waals surface area contributed by atoms with Crippen molar-refractivity contribution in [1.29, 1.82) is 0 Å². The number of hydrogen-bond donors (Lipinski definition) is 3. The molecule has 76 valence electrons. The standard InChI is InChI=1S/C7H13NO5.Rb/c9-2-5-7(12)6(11)4(13-5)1-8-3-10;/h3-7,9,11-12H,1-2H2,(H,8,10);/q;+1/p-1. The van der Waals surface area contributed by atoms with Gasteiger partial charge in [-0.15, -0.1) is 0 Å².